The predicted octanol–water partition coefficient (Wildman–Crippen LogP) is 4.15. The summed E-state index contributed by atoms with van der Waals surface area (Å²) in [5, 5.41) is 0. The highest BCUT2D eigenvalue weighted by Gasteiger charge is 2.18. The molecular formula is C14H28ClN. The summed E-state index contributed by atoms with van der Waals surface area (Å²) >= 11 is 5.69. The fourth-order valence-electron chi connectivity index (χ4n) is 2.68. The van der Waals surface area contributed by atoms with Crippen LogP contribution in [0.2, 0.25) is 0 Å². The van der Waals surface area contributed by atoms with E-state index < -0.39 is 0 Å². The quantitative estimate of drug-likeness (QED) is 0.502. The first-order chi connectivity index (χ1) is 7.74. The van der Waals surface area contributed by atoms with E-state index in [2.05, 4.69) is 18.7 Å². The van der Waals surface area contributed by atoms with Gasteiger partial charge in [-0.25, -0.2) is 0 Å². The van der Waals surface area contributed by atoms with Crippen LogP contribution in [-0.2, 0) is 0 Å². The molecule has 1 nitrogen and oxygen atoms in total. The molecule has 1 heterocycles. The molecule has 96 valence electrons. The predicted molar refractivity (Wildman–Crippen MR) is 73.2 cm³/mol. The zero-order chi connectivity index (χ0) is 11.8. The van der Waals surface area contributed by atoms with Gasteiger partial charge < -0.3 is 4.90 Å². The molecule has 0 radical (unpaired) electrons. The van der Waals surface area contributed by atoms with E-state index in [1.165, 1.54) is 58.2 Å². The molecule has 1 atom stereocenters. The fourth-order valence-corrected chi connectivity index (χ4v) is 2.87. The van der Waals surface area contributed by atoms with Crippen LogP contribution >= 0.6 is 11.6 Å². The van der Waals surface area contributed by atoms with Gasteiger partial charge >= 0.3 is 0 Å². The molecule has 0 aromatic carbocycles. The van der Waals surface area contributed by atoms with Gasteiger partial charge in [0.2, 0.25) is 0 Å². The summed E-state index contributed by atoms with van der Waals surface area (Å²) in [5.41, 5.74) is 0. The smallest absolute Gasteiger partial charge is 0.0223 e. The van der Waals surface area contributed by atoms with Gasteiger partial charge in [-0.2, -0.15) is 0 Å². The van der Waals surface area contributed by atoms with Crippen LogP contribution in [0.3, 0.4) is 0 Å². The monoisotopic (exact) mass is 245 g/mol. The van der Waals surface area contributed by atoms with Gasteiger partial charge in [-0.15, -0.1) is 11.6 Å². The van der Waals surface area contributed by atoms with Crippen molar-refractivity contribution in [2.75, 3.05) is 25.5 Å². The van der Waals surface area contributed by atoms with Gasteiger partial charge in [0.05, 0.1) is 0 Å². The Morgan fingerprint density at radius 2 is 1.94 bits per heavy atom. The van der Waals surface area contributed by atoms with Gasteiger partial charge in [-0.3, -0.25) is 0 Å². The molecule has 0 bridgehead atoms. The normalized spacial score (nSPS) is 23.6. The Kier molecular flexibility index (Phi) is 7.47. The number of nitrogens with zero attached hydrogens (tertiary/aromatic N) is 1. The first-order valence-corrected chi connectivity index (χ1v) is 7.55. The van der Waals surface area contributed by atoms with Gasteiger partial charge in [0.25, 0.3) is 0 Å². The maximum Gasteiger partial charge on any atom is 0.0223 e. The van der Waals surface area contributed by atoms with Crippen molar-refractivity contribution in [2.45, 2.75) is 52.4 Å². The highest BCUT2D eigenvalue weighted by molar-refractivity contribution is 6.17. The maximum absolute atomic E-state index is 5.69. The van der Waals surface area contributed by atoms with Crippen LogP contribution in [0.25, 0.3) is 0 Å². The first-order valence-electron chi connectivity index (χ1n) is 7.02. The minimum absolute atomic E-state index is 0.829. The van der Waals surface area contributed by atoms with Crippen LogP contribution in [0, 0.1) is 11.8 Å². The lowest BCUT2D eigenvalue weighted by Crippen LogP contribution is -2.26. The summed E-state index contributed by atoms with van der Waals surface area (Å²) in [4.78, 5) is 2.66. The molecular weight excluding hydrogens is 218 g/mol. The Balaban J connectivity index is 2.15. The van der Waals surface area contributed by atoms with E-state index in [1.807, 2.05) is 0 Å². The lowest BCUT2D eigenvalue weighted by atomic mass is 9.89. The van der Waals surface area contributed by atoms with Crippen molar-refractivity contribution in [1.29, 1.82) is 0 Å². The fraction of sp³-hybridized carbons (Fsp3) is 1.00. The maximum atomic E-state index is 5.69. The highest BCUT2D eigenvalue weighted by Crippen LogP contribution is 2.24. The Morgan fingerprint density at radius 3 is 2.62 bits per heavy atom. The molecule has 1 saturated heterocycles. The molecule has 16 heavy (non-hydrogen) atoms. The molecule has 1 aliphatic heterocycles. The molecule has 1 rings (SSSR count). The molecule has 0 spiro atoms. The van der Waals surface area contributed by atoms with Crippen LogP contribution in [0.15, 0.2) is 0 Å². The third kappa shape index (κ3) is 5.54. The first kappa shape index (κ1) is 14.3. The summed E-state index contributed by atoms with van der Waals surface area (Å²) in [6.45, 7) is 8.69. The zero-order valence-electron chi connectivity index (χ0n) is 11.1. The summed E-state index contributed by atoms with van der Waals surface area (Å²) < 4.78 is 0. The zero-order valence-corrected chi connectivity index (χ0v) is 11.8. The average Bonchev–Trinajstić information content (AvgIpc) is 2.50. The average molecular weight is 246 g/mol. The lowest BCUT2D eigenvalue weighted by molar-refractivity contribution is 0.267. The summed E-state index contributed by atoms with van der Waals surface area (Å²) in [6, 6.07) is 0. The van der Waals surface area contributed by atoms with Crippen LogP contribution in [0.4, 0.5) is 0 Å². The Bertz CT molecular complexity index is 170. The van der Waals surface area contributed by atoms with E-state index in [1.54, 1.807) is 0 Å². The van der Waals surface area contributed by atoms with Crippen molar-refractivity contribution in [3.8, 4) is 0 Å². The number of likely N-dealkylation sites (tertiary alicyclic amines) is 1. The van der Waals surface area contributed by atoms with Gasteiger partial charge in [-0.1, -0.05) is 20.3 Å². The second-order valence-electron chi connectivity index (χ2n) is 5.53. The minimum Gasteiger partial charge on any atom is -0.303 e. The van der Waals surface area contributed by atoms with Crippen molar-refractivity contribution in [3.05, 3.63) is 0 Å². The Hall–Kier alpha value is 0.250. The molecule has 0 aliphatic carbocycles. The molecule has 1 unspecified atom stereocenters. The second kappa shape index (κ2) is 8.36. The van der Waals surface area contributed by atoms with Crippen LogP contribution in [0.5, 0.6) is 0 Å². The van der Waals surface area contributed by atoms with Crippen LogP contribution in [-0.4, -0.2) is 30.4 Å². The van der Waals surface area contributed by atoms with Crippen LogP contribution < -0.4 is 0 Å². The molecule has 0 aromatic heterocycles. The van der Waals surface area contributed by atoms with Gasteiger partial charge in [0, 0.05) is 5.88 Å². The van der Waals surface area contributed by atoms with E-state index in [-0.39, 0.29) is 0 Å². The number of hydrogen-bond donors (Lipinski definition) is 0. The number of halogens is 1. The highest BCUT2D eigenvalue weighted by atomic mass is 35.5. The van der Waals surface area contributed by atoms with Crippen LogP contribution in [0.1, 0.15) is 52.4 Å². The van der Waals surface area contributed by atoms with Crippen molar-refractivity contribution >= 4 is 11.6 Å². The van der Waals surface area contributed by atoms with Gasteiger partial charge in [-0.05, 0) is 63.6 Å². The third-order valence-corrected chi connectivity index (χ3v) is 4.18. The minimum atomic E-state index is 0.829. The summed E-state index contributed by atoms with van der Waals surface area (Å²) in [5.74, 6) is 2.67. The van der Waals surface area contributed by atoms with Gasteiger partial charge in [0.1, 0.15) is 0 Å². The SMILES string of the molecule is CC(C)C1CCCN(CCCCCCl)CC1. The topological polar surface area (TPSA) is 3.24 Å². The van der Waals surface area contributed by atoms with Crippen molar-refractivity contribution in [3.63, 3.8) is 0 Å². The Morgan fingerprint density at radius 1 is 1.12 bits per heavy atom. The molecule has 1 fully saturated rings. The van der Waals surface area contributed by atoms with E-state index >= 15 is 0 Å². The standard InChI is InChI=1S/C14H28ClN/c1-13(2)14-7-6-11-16(12-8-14)10-5-3-4-9-15/h13-14H,3-12H2,1-2H3. The van der Waals surface area contributed by atoms with E-state index in [9.17, 15) is 0 Å². The molecule has 2 heteroatoms. The second-order valence-corrected chi connectivity index (χ2v) is 5.90. The largest absolute Gasteiger partial charge is 0.303 e. The van der Waals surface area contributed by atoms with Crippen molar-refractivity contribution < 1.29 is 0 Å². The lowest BCUT2D eigenvalue weighted by Gasteiger charge is -2.21. The molecule has 0 amide bonds. The summed E-state index contributed by atoms with van der Waals surface area (Å²) in [6.07, 6.45) is 8.07. The van der Waals surface area contributed by atoms with Crippen molar-refractivity contribution in [2.24, 2.45) is 11.8 Å². The van der Waals surface area contributed by atoms with Crippen molar-refractivity contribution in [1.82, 2.24) is 4.90 Å². The molecule has 0 aromatic rings. The number of hydrogen-bond acceptors (Lipinski definition) is 1. The van der Waals surface area contributed by atoms with E-state index in [0.717, 1.165) is 17.7 Å². The summed E-state index contributed by atoms with van der Waals surface area (Å²) in [7, 11) is 0. The van der Waals surface area contributed by atoms with E-state index in [0.29, 0.717) is 0 Å². The third-order valence-electron chi connectivity index (χ3n) is 3.92. The molecule has 1 aliphatic rings. The Labute approximate surface area is 107 Å². The van der Waals surface area contributed by atoms with Gasteiger partial charge in [0.15, 0.2) is 0 Å². The number of alkyl halides is 1. The molecule has 0 N–H and O–H groups in total. The number of rotatable bonds is 6. The molecule has 0 saturated carbocycles. The number of unbranched alkanes of at least 4 members (excludes halogenated alkanes) is 2. The van der Waals surface area contributed by atoms with E-state index in [4.69, 9.17) is 11.6 Å².